The van der Waals surface area contributed by atoms with Gasteiger partial charge in [0.2, 0.25) is 5.91 Å². The molecule has 76 valence electrons. The number of amides is 1. The van der Waals surface area contributed by atoms with Crippen molar-refractivity contribution in [1.82, 2.24) is 9.88 Å². The number of nitrogens with one attached hydrogen (secondary N) is 1. The summed E-state index contributed by atoms with van der Waals surface area (Å²) in [5, 5.41) is 3.01. The Kier molecular flexibility index (Phi) is 3.85. The van der Waals surface area contributed by atoms with Crippen LogP contribution in [0, 0.1) is 0 Å². The highest BCUT2D eigenvalue weighted by Gasteiger charge is 2.04. The van der Waals surface area contributed by atoms with Gasteiger partial charge in [0.25, 0.3) is 0 Å². The number of rotatable bonds is 3. The molecule has 1 aromatic heterocycles. The molecule has 0 bridgehead atoms. The van der Waals surface area contributed by atoms with Crippen LogP contribution in [0.3, 0.4) is 0 Å². The van der Waals surface area contributed by atoms with Gasteiger partial charge in [0.05, 0.1) is 6.54 Å². The molecule has 1 heterocycles. The van der Waals surface area contributed by atoms with Gasteiger partial charge in [-0.05, 0) is 26.2 Å². The van der Waals surface area contributed by atoms with Crippen molar-refractivity contribution in [3.05, 3.63) is 23.4 Å². The van der Waals surface area contributed by atoms with Crippen LogP contribution in [-0.2, 0) is 4.79 Å². The van der Waals surface area contributed by atoms with Crippen molar-refractivity contribution in [2.45, 2.75) is 0 Å². The van der Waals surface area contributed by atoms with Crippen LogP contribution in [0.4, 0.5) is 5.82 Å². The summed E-state index contributed by atoms with van der Waals surface area (Å²) in [6.07, 6.45) is 0. The highest BCUT2D eigenvalue weighted by atomic mass is 35.5. The third-order valence-corrected chi connectivity index (χ3v) is 1.65. The Labute approximate surface area is 87.9 Å². The van der Waals surface area contributed by atoms with Gasteiger partial charge in [-0.1, -0.05) is 17.7 Å². The van der Waals surface area contributed by atoms with E-state index in [1.54, 1.807) is 23.1 Å². The Bertz CT molecular complexity index is 328. The average Bonchev–Trinajstić information content (AvgIpc) is 2.01. The van der Waals surface area contributed by atoms with Gasteiger partial charge in [0.15, 0.2) is 0 Å². The number of halogens is 1. The molecule has 1 N–H and O–H groups in total. The molecule has 1 rings (SSSR count). The van der Waals surface area contributed by atoms with E-state index in [0.29, 0.717) is 17.5 Å². The van der Waals surface area contributed by atoms with Gasteiger partial charge in [0, 0.05) is 0 Å². The molecule has 0 atom stereocenters. The molecule has 0 unspecified atom stereocenters. The minimum Gasteiger partial charge on any atom is -0.310 e. The first-order chi connectivity index (χ1) is 6.58. The molecule has 0 saturated heterocycles. The number of pyridine rings is 1. The summed E-state index contributed by atoms with van der Waals surface area (Å²) in [6, 6.07) is 5.09. The first-order valence-electron chi connectivity index (χ1n) is 4.15. The van der Waals surface area contributed by atoms with E-state index in [1.807, 2.05) is 14.1 Å². The Morgan fingerprint density at radius 1 is 1.57 bits per heavy atom. The van der Waals surface area contributed by atoms with Crippen molar-refractivity contribution in [1.29, 1.82) is 0 Å². The van der Waals surface area contributed by atoms with Gasteiger partial charge in [-0.15, -0.1) is 0 Å². The molecular weight excluding hydrogens is 202 g/mol. The predicted molar refractivity (Wildman–Crippen MR) is 56.4 cm³/mol. The van der Waals surface area contributed by atoms with Gasteiger partial charge in [-0.25, -0.2) is 4.98 Å². The fraction of sp³-hybridized carbons (Fsp3) is 0.333. The topological polar surface area (TPSA) is 45.2 Å². The van der Waals surface area contributed by atoms with Gasteiger partial charge < -0.3 is 10.2 Å². The second-order valence-electron chi connectivity index (χ2n) is 3.13. The third-order valence-electron chi connectivity index (χ3n) is 1.44. The molecular formula is C9H12ClN3O. The second-order valence-corrected chi connectivity index (χ2v) is 3.52. The molecule has 1 aromatic rings. The van der Waals surface area contributed by atoms with Gasteiger partial charge >= 0.3 is 0 Å². The molecule has 14 heavy (non-hydrogen) atoms. The number of nitrogens with zero attached hydrogens (tertiary/aromatic N) is 2. The standard InChI is InChI=1S/C9H12ClN3O/c1-13(2)6-9(14)12-8-5-3-4-7(10)11-8/h3-5H,6H2,1-2H3,(H,11,12,14). The van der Waals surface area contributed by atoms with Crippen LogP contribution in [0.1, 0.15) is 0 Å². The molecule has 0 fully saturated rings. The number of carbonyl (C=O) groups excluding carboxylic acids is 1. The lowest BCUT2D eigenvalue weighted by Gasteiger charge is -2.09. The lowest BCUT2D eigenvalue weighted by Crippen LogP contribution is -2.27. The van der Waals surface area contributed by atoms with E-state index in [4.69, 9.17) is 11.6 Å². The normalized spacial score (nSPS) is 10.3. The molecule has 0 aromatic carbocycles. The average molecular weight is 214 g/mol. The van der Waals surface area contributed by atoms with Gasteiger partial charge in [-0.2, -0.15) is 0 Å². The smallest absolute Gasteiger partial charge is 0.239 e. The highest BCUT2D eigenvalue weighted by molar-refractivity contribution is 6.29. The minimum absolute atomic E-state index is 0.107. The molecule has 4 nitrogen and oxygen atoms in total. The lowest BCUT2D eigenvalue weighted by molar-refractivity contribution is -0.116. The van der Waals surface area contributed by atoms with Crippen LogP contribution in [0.2, 0.25) is 5.15 Å². The van der Waals surface area contributed by atoms with Crippen molar-refractivity contribution in [2.24, 2.45) is 0 Å². The van der Waals surface area contributed by atoms with E-state index in [9.17, 15) is 4.79 Å². The zero-order chi connectivity index (χ0) is 10.6. The maximum atomic E-state index is 11.3. The summed E-state index contributed by atoms with van der Waals surface area (Å²) in [5.41, 5.74) is 0. The summed E-state index contributed by atoms with van der Waals surface area (Å²) in [4.78, 5) is 17.0. The van der Waals surface area contributed by atoms with Crippen LogP contribution in [0.15, 0.2) is 18.2 Å². The van der Waals surface area contributed by atoms with Crippen LogP contribution >= 0.6 is 11.6 Å². The fourth-order valence-electron chi connectivity index (χ4n) is 0.947. The quantitative estimate of drug-likeness (QED) is 0.769. The SMILES string of the molecule is CN(C)CC(=O)Nc1cccc(Cl)n1. The van der Waals surface area contributed by atoms with Crippen LogP contribution in [0.25, 0.3) is 0 Å². The number of carbonyl (C=O) groups is 1. The monoisotopic (exact) mass is 213 g/mol. The number of hydrogen-bond donors (Lipinski definition) is 1. The van der Waals surface area contributed by atoms with E-state index in [1.165, 1.54) is 0 Å². The molecule has 0 radical (unpaired) electrons. The van der Waals surface area contributed by atoms with E-state index in [-0.39, 0.29) is 5.91 Å². The van der Waals surface area contributed by atoms with E-state index in [2.05, 4.69) is 10.3 Å². The number of anilines is 1. The summed E-state index contributed by atoms with van der Waals surface area (Å²) < 4.78 is 0. The van der Waals surface area contributed by atoms with Gasteiger partial charge in [-0.3, -0.25) is 4.79 Å². The number of aromatic nitrogens is 1. The zero-order valence-corrected chi connectivity index (χ0v) is 8.88. The summed E-state index contributed by atoms with van der Waals surface area (Å²) in [5.74, 6) is 0.370. The maximum absolute atomic E-state index is 11.3. The van der Waals surface area contributed by atoms with Crippen molar-refractivity contribution < 1.29 is 4.79 Å². The van der Waals surface area contributed by atoms with E-state index >= 15 is 0 Å². The lowest BCUT2D eigenvalue weighted by atomic mass is 10.4. The molecule has 0 aliphatic rings. The maximum Gasteiger partial charge on any atom is 0.239 e. The summed E-state index contributed by atoms with van der Waals surface area (Å²) in [7, 11) is 3.65. The Balaban J connectivity index is 2.56. The van der Waals surface area contributed by atoms with Crippen LogP contribution in [-0.4, -0.2) is 36.4 Å². The van der Waals surface area contributed by atoms with Crippen LogP contribution in [0.5, 0.6) is 0 Å². The summed E-state index contributed by atoms with van der Waals surface area (Å²) >= 11 is 5.66. The van der Waals surface area contributed by atoms with Crippen molar-refractivity contribution in [3.63, 3.8) is 0 Å². The van der Waals surface area contributed by atoms with Crippen molar-refractivity contribution in [3.8, 4) is 0 Å². The molecule has 1 amide bonds. The number of likely N-dealkylation sites (N-methyl/N-ethyl adjacent to an activating group) is 1. The van der Waals surface area contributed by atoms with Gasteiger partial charge in [0.1, 0.15) is 11.0 Å². The third kappa shape index (κ3) is 3.72. The summed E-state index contributed by atoms with van der Waals surface area (Å²) in [6.45, 7) is 0.328. The molecule has 0 saturated carbocycles. The molecule has 5 heteroatoms. The highest BCUT2D eigenvalue weighted by Crippen LogP contribution is 2.08. The Hall–Kier alpha value is -1.13. The first-order valence-corrected chi connectivity index (χ1v) is 4.53. The van der Waals surface area contributed by atoms with Crippen molar-refractivity contribution >= 4 is 23.3 Å². The fourth-order valence-corrected chi connectivity index (χ4v) is 1.11. The van der Waals surface area contributed by atoms with Crippen LogP contribution < -0.4 is 5.32 Å². The molecule has 0 spiro atoms. The largest absolute Gasteiger partial charge is 0.310 e. The zero-order valence-electron chi connectivity index (χ0n) is 8.12. The first kappa shape index (κ1) is 10.9. The minimum atomic E-state index is -0.107. The second kappa shape index (κ2) is 4.93. The van der Waals surface area contributed by atoms with Crippen molar-refractivity contribution in [2.75, 3.05) is 26.0 Å². The predicted octanol–water partition coefficient (Wildman–Crippen LogP) is 1.24. The Morgan fingerprint density at radius 2 is 2.29 bits per heavy atom. The van der Waals surface area contributed by atoms with E-state index in [0.717, 1.165) is 0 Å². The molecule has 0 aliphatic carbocycles. The molecule has 0 aliphatic heterocycles. The van der Waals surface area contributed by atoms with E-state index < -0.39 is 0 Å². The Morgan fingerprint density at radius 3 is 2.86 bits per heavy atom. The number of hydrogen-bond acceptors (Lipinski definition) is 3.